The van der Waals surface area contributed by atoms with Gasteiger partial charge in [0.1, 0.15) is 11.5 Å². The first kappa shape index (κ1) is 14.3. The summed E-state index contributed by atoms with van der Waals surface area (Å²) in [4.78, 5) is 3.83. The number of hydrogen-bond acceptors (Lipinski definition) is 5. The number of benzene rings is 1. The van der Waals surface area contributed by atoms with Crippen molar-refractivity contribution in [3.63, 3.8) is 0 Å². The molecule has 1 heterocycles. The Labute approximate surface area is 115 Å². The minimum Gasteiger partial charge on any atom is -0.497 e. The highest BCUT2D eigenvalue weighted by Gasteiger charge is 2.18. The Morgan fingerprint density at radius 1 is 1.20 bits per heavy atom. The van der Waals surface area contributed by atoms with Crippen LogP contribution in [0.1, 0.15) is 5.56 Å². The number of pyridine rings is 1. The van der Waals surface area contributed by atoms with Gasteiger partial charge in [-0.25, -0.2) is 4.39 Å². The van der Waals surface area contributed by atoms with Crippen LogP contribution < -0.4 is 14.9 Å². The molecular weight excluding hydrogens is 264 g/mol. The van der Waals surface area contributed by atoms with Crippen molar-refractivity contribution in [2.24, 2.45) is 0 Å². The maximum absolute atomic E-state index is 13.8. The molecule has 1 aromatic heterocycles. The standard InChI is InChI=1S/C13H13BFNO4/c1-8-10(14(17)18)6-16-7-13(8)20-12-4-3-9(19-2)5-11(12)15/h3-7,17-18H,1-2H3. The Morgan fingerprint density at radius 3 is 2.55 bits per heavy atom. The molecule has 20 heavy (non-hydrogen) atoms. The lowest BCUT2D eigenvalue weighted by atomic mass is 9.78. The summed E-state index contributed by atoms with van der Waals surface area (Å²) in [5.74, 6) is 0.0443. The Bertz CT molecular complexity index is 621. The molecule has 2 aromatic rings. The van der Waals surface area contributed by atoms with Crippen LogP contribution in [0, 0.1) is 12.7 Å². The molecule has 0 unspecified atom stereocenters. The van der Waals surface area contributed by atoms with Crippen LogP contribution in [0.2, 0.25) is 0 Å². The summed E-state index contributed by atoms with van der Waals surface area (Å²) < 4.78 is 24.1. The van der Waals surface area contributed by atoms with E-state index in [0.717, 1.165) is 0 Å². The van der Waals surface area contributed by atoms with Crippen molar-refractivity contribution >= 4 is 12.6 Å². The second-order valence-electron chi connectivity index (χ2n) is 4.12. The molecule has 0 aliphatic heterocycles. The normalized spacial score (nSPS) is 10.2. The van der Waals surface area contributed by atoms with Crippen molar-refractivity contribution in [1.82, 2.24) is 4.98 Å². The third kappa shape index (κ3) is 2.89. The molecule has 2 N–H and O–H groups in total. The molecule has 0 aliphatic carbocycles. The van der Waals surface area contributed by atoms with Gasteiger partial charge in [-0.3, -0.25) is 4.98 Å². The predicted molar refractivity (Wildman–Crippen MR) is 71.8 cm³/mol. The Kier molecular flexibility index (Phi) is 4.21. The van der Waals surface area contributed by atoms with Gasteiger partial charge in [0.15, 0.2) is 11.6 Å². The van der Waals surface area contributed by atoms with Crippen LogP contribution >= 0.6 is 0 Å². The highest BCUT2D eigenvalue weighted by Crippen LogP contribution is 2.28. The van der Waals surface area contributed by atoms with Gasteiger partial charge in [0.25, 0.3) is 0 Å². The van der Waals surface area contributed by atoms with Crippen molar-refractivity contribution in [2.75, 3.05) is 7.11 Å². The van der Waals surface area contributed by atoms with Gasteiger partial charge >= 0.3 is 7.12 Å². The topological polar surface area (TPSA) is 71.8 Å². The van der Waals surface area contributed by atoms with Crippen LogP contribution in [-0.4, -0.2) is 29.3 Å². The molecule has 0 saturated heterocycles. The lowest BCUT2D eigenvalue weighted by Crippen LogP contribution is -2.32. The van der Waals surface area contributed by atoms with Crippen LogP contribution in [0.3, 0.4) is 0 Å². The van der Waals surface area contributed by atoms with E-state index in [1.54, 1.807) is 13.0 Å². The maximum atomic E-state index is 13.8. The quantitative estimate of drug-likeness (QED) is 0.816. The minimum absolute atomic E-state index is 0.000259. The fourth-order valence-corrected chi connectivity index (χ4v) is 1.69. The Balaban J connectivity index is 2.33. The number of methoxy groups -OCH3 is 1. The molecule has 0 amide bonds. The summed E-state index contributed by atoms with van der Waals surface area (Å²) in [6, 6.07) is 4.18. The zero-order chi connectivity index (χ0) is 14.7. The zero-order valence-electron chi connectivity index (χ0n) is 11.0. The molecule has 2 rings (SSSR count). The predicted octanol–water partition coefficient (Wildman–Crippen LogP) is 1.01. The largest absolute Gasteiger partial charge is 0.497 e. The van der Waals surface area contributed by atoms with Gasteiger partial charge in [-0.05, 0) is 24.6 Å². The fourth-order valence-electron chi connectivity index (χ4n) is 1.69. The van der Waals surface area contributed by atoms with Crippen LogP contribution in [0.5, 0.6) is 17.2 Å². The van der Waals surface area contributed by atoms with E-state index in [-0.39, 0.29) is 17.0 Å². The number of halogens is 1. The van der Waals surface area contributed by atoms with E-state index in [9.17, 15) is 14.4 Å². The number of rotatable bonds is 4. The summed E-state index contributed by atoms with van der Waals surface area (Å²) in [6.07, 6.45) is 2.70. The van der Waals surface area contributed by atoms with Gasteiger partial charge in [-0.1, -0.05) is 0 Å². The number of aromatic nitrogens is 1. The molecule has 0 radical (unpaired) electrons. The smallest absolute Gasteiger partial charge is 0.490 e. The van der Waals surface area contributed by atoms with Crippen LogP contribution in [0.4, 0.5) is 4.39 Å². The second kappa shape index (κ2) is 5.89. The van der Waals surface area contributed by atoms with Gasteiger partial charge in [0, 0.05) is 17.7 Å². The Hall–Kier alpha value is -2.12. The average molecular weight is 277 g/mol. The molecule has 0 aliphatic rings. The van der Waals surface area contributed by atoms with E-state index in [2.05, 4.69) is 4.98 Å². The molecule has 0 fully saturated rings. The molecule has 7 heteroatoms. The van der Waals surface area contributed by atoms with Crippen LogP contribution in [0.15, 0.2) is 30.6 Å². The molecule has 0 bridgehead atoms. The number of ether oxygens (including phenoxy) is 2. The number of nitrogens with zero attached hydrogens (tertiary/aromatic N) is 1. The molecule has 0 saturated carbocycles. The molecule has 104 valence electrons. The number of hydrogen-bond donors (Lipinski definition) is 2. The van der Waals surface area contributed by atoms with Gasteiger partial charge < -0.3 is 19.5 Å². The molecule has 1 aromatic carbocycles. The van der Waals surface area contributed by atoms with Crippen LogP contribution in [0.25, 0.3) is 0 Å². The zero-order valence-corrected chi connectivity index (χ0v) is 11.0. The van der Waals surface area contributed by atoms with Crippen molar-refractivity contribution < 1.29 is 23.9 Å². The fraction of sp³-hybridized carbons (Fsp3) is 0.154. The summed E-state index contributed by atoms with van der Waals surface area (Å²) in [7, 11) is -0.220. The minimum atomic E-state index is -1.66. The highest BCUT2D eigenvalue weighted by molar-refractivity contribution is 6.59. The summed E-state index contributed by atoms with van der Waals surface area (Å²) in [5, 5.41) is 18.4. The van der Waals surface area contributed by atoms with Gasteiger partial charge in [-0.15, -0.1) is 0 Å². The van der Waals surface area contributed by atoms with E-state index in [1.807, 2.05) is 0 Å². The summed E-state index contributed by atoms with van der Waals surface area (Å²) >= 11 is 0. The van der Waals surface area contributed by atoms with E-state index >= 15 is 0 Å². The first-order chi connectivity index (χ1) is 9.52. The van der Waals surface area contributed by atoms with Crippen molar-refractivity contribution in [2.45, 2.75) is 6.92 Å². The second-order valence-corrected chi connectivity index (χ2v) is 4.12. The SMILES string of the molecule is COc1ccc(Oc2cncc(B(O)O)c2C)c(F)c1. The van der Waals surface area contributed by atoms with Crippen LogP contribution in [-0.2, 0) is 0 Å². The third-order valence-electron chi connectivity index (χ3n) is 2.85. The van der Waals surface area contributed by atoms with E-state index in [0.29, 0.717) is 11.3 Å². The first-order valence-electron chi connectivity index (χ1n) is 5.85. The summed E-state index contributed by atoms with van der Waals surface area (Å²) in [5.41, 5.74) is 0.682. The van der Waals surface area contributed by atoms with E-state index in [4.69, 9.17) is 9.47 Å². The first-order valence-corrected chi connectivity index (χ1v) is 5.85. The monoisotopic (exact) mass is 277 g/mol. The van der Waals surface area contributed by atoms with Crippen molar-refractivity contribution in [3.8, 4) is 17.2 Å². The van der Waals surface area contributed by atoms with Crippen molar-refractivity contribution in [3.05, 3.63) is 42.0 Å². The molecule has 0 spiro atoms. The van der Waals surface area contributed by atoms with Gasteiger partial charge in [0.2, 0.25) is 0 Å². The molecular formula is C13H13BFNO4. The van der Waals surface area contributed by atoms with Gasteiger partial charge in [0.05, 0.1) is 13.3 Å². The van der Waals surface area contributed by atoms with Gasteiger partial charge in [-0.2, -0.15) is 0 Å². The van der Waals surface area contributed by atoms with Crippen molar-refractivity contribution in [1.29, 1.82) is 0 Å². The van der Waals surface area contributed by atoms with E-state index in [1.165, 1.54) is 31.6 Å². The maximum Gasteiger partial charge on any atom is 0.490 e. The average Bonchev–Trinajstić information content (AvgIpc) is 2.42. The third-order valence-corrected chi connectivity index (χ3v) is 2.85. The van der Waals surface area contributed by atoms with E-state index < -0.39 is 12.9 Å². The lowest BCUT2D eigenvalue weighted by Gasteiger charge is -2.12. The molecule has 5 nitrogen and oxygen atoms in total. The highest BCUT2D eigenvalue weighted by atomic mass is 19.1. The molecule has 0 atom stereocenters. The Morgan fingerprint density at radius 2 is 1.95 bits per heavy atom. The summed E-state index contributed by atoms with van der Waals surface area (Å²) in [6.45, 7) is 1.63. The lowest BCUT2D eigenvalue weighted by molar-refractivity contribution is 0.401.